The smallest absolute Gasteiger partial charge is 0.276 e. The summed E-state index contributed by atoms with van der Waals surface area (Å²) in [6.45, 7) is 6.24. The lowest BCUT2D eigenvalue weighted by Gasteiger charge is -2.31. The number of nitrogens with one attached hydrogen (secondary N) is 1. The van der Waals surface area contributed by atoms with Crippen molar-refractivity contribution in [1.29, 1.82) is 5.26 Å². The molecule has 6 rings (SSSR count). The molecule has 0 radical (unpaired) electrons. The maximum atomic E-state index is 13.8. The molecule has 0 atom stereocenters. The van der Waals surface area contributed by atoms with Crippen LogP contribution in [0.2, 0.25) is 0 Å². The van der Waals surface area contributed by atoms with Crippen LogP contribution in [0.25, 0.3) is 11.1 Å². The zero-order valence-corrected chi connectivity index (χ0v) is 24.1. The zero-order chi connectivity index (χ0) is 29.6. The van der Waals surface area contributed by atoms with Crippen LogP contribution < -0.4 is 15.8 Å². The summed E-state index contributed by atoms with van der Waals surface area (Å²) >= 11 is 0. The van der Waals surface area contributed by atoms with Crippen molar-refractivity contribution < 1.29 is 9.53 Å². The predicted molar refractivity (Wildman–Crippen MR) is 157 cm³/mol. The van der Waals surface area contributed by atoms with E-state index in [0.717, 1.165) is 29.5 Å². The van der Waals surface area contributed by atoms with E-state index in [-0.39, 0.29) is 35.7 Å². The van der Waals surface area contributed by atoms with Gasteiger partial charge in [-0.25, -0.2) is 9.97 Å². The van der Waals surface area contributed by atoms with Gasteiger partial charge in [0.15, 0.2) is 5.69 Å². The highest BCUT2D eigenvalue weighted by molar-refractivity contribution is 6.06. The molecule has 0 unspecified atom stereocenters. The van der Waals surface area contributed by atoms with E-state index < -0.39 is 0 Å². The fourth-order valence-electron chi connectivity index (χ4n) is 6.06. The first-order valence-electron chi connectivity index (χ1n) is 13.8. The molecule has 4 aromatic rings. The number of aromatic nitrogens is 5. The maximum Gasteiger partial charge on any atom is 0.276 e. The Hall–Kier alpha value is -4.82. The monoisotopic (exact) mass is 564 g/mol. The Labute approximate surface area is 243 Å². The molecule has 1 N–H and O–H groups in total. The number of carbonyl (C=O) groups excluding carboxylic acids is 1. The number of anilines is 2. The second-order valence-electron chi connectivity index (χ2n) is 11.6. The van der Waals surface area contributed by atoms with Gasteiger partial charge in [0.1, 0.15) is 23.3 Å². The van der Waals surface area contributed by atoms with Crippen LogP contribution in [0.15, 0.2) is 47.8 Å². The molecule has 1 amide bonds. The Balaban J connectivity index is 1.34. The SMILES string of the molecule is COCc1c(-c2cc(NCc3cnc(C#N)cn3)c(=O)n(C)c2)ccnc1N1CCn2c(cc3c2CC(C)(C)C3)C1=O. The molecule has 0 saturated heterocycles. The van der Waals surface area contributed by atoms with Crippen LogP contribution in [-0.2, 0) is 44.3 Å². The molecule has 2 aliphatic rings. The molecule has 0 saturated carbocycles. The van der Waals surface area contributed by atoms with E-state index in [1.165, 1.54) is 28.2 Å². The summed E-state index contributed by atoms with van der Waals surface area (Å²) in [6.07, 6.45) is 8.31. The van der Waals surface area contributed by atoms with Gasteiger partial charge in [0, 0.05) is 56.5 Å². The molecule has 0 bridgehead atoms. The van der Waals surface area contributed by atoms with Crippen LogP contribution in [0.1, 0.15) is 52.5 Å². The van der Waals surface area contributed by atoms with Crippen LogP contribution in [0.5, 0.6) is 0 Å². The van der Waals surface area contributed by atoms with Crippen LogP contribution in [0, 0.1) is 16.7 Å². The Morgan fingerprint density at radius 3 is 2.69 bits per heavy atom. The predicted octanol–water partition coefficient (Wildman–Crippen LogP) is 3.45. The highest BCUT2D eigenvalue weighted by atomic mass is 16.5. The number of ether oxygens (including phenoxy) is 1. The number of methoxy groups -OCH3 is 1. The Morgan fingerprint density at radius 1 is 1.12 bits per heavy atom. The first-order valence-corrected chi connectivity index (χ1v) is 13.8. The van der Waals surface area contributed by atoms with Gasteiger partial charge in [0.2, 0.25) is 0 Å². The third-order valence-electron chi connectivity index (χ3n) is 7.98. The summed E-state index contributed by atoms with van der Waals surface area (Å²) in [5.74, 6) is 0.491. The molecule has 214 valence electrons. The van der Waals surface area contributed by atoms with Gasteiger partial charge in [-0.15, -0.1) is 0 Å². The topological polar surface area (TPSA) is 131 Å². The number of amides is 1. The minimum Gasteiger partial charge on any atom is -0.380 e. The number of nitriles is 1. The molecule has 11 heteroatoms. The molecule has 11 nitrogen and oxygen atoms in total. The second-order valence-corrected chi connectivity index (χ2v) is 11.6. The summed E-state index contributed by atoms with van der Waals surface area (Å²) in [4.78, 5) is 41.5. The molecular weight excluding hydrogens is 532 g/mol. The van der Waals surface area contributed by atoms with Gasteiger partial charge in [0.25, 0.3) is 11.5 Å². The Bertz CT molecular complexity index is 1800. The number of nitrogens with zero attached hydrogens (tertiary/aromatic N) is 7. The molecule has 42 heavy (non-hydrogen) atoms. The van der Waals surface area contributed by atoms with Gasteiger partial charge in [0.05, 0.1) is 31.2 Å². The molecule has 5 heterocycles. The van der Waals surface area contributed by atoms with Gasteiger partial charge in [-0.05, 0) is 47.6 Å². The van der Waals surface area contributed by atoms with Crippen molar-refractivity contribution in [3.05, 3.63) is 87.2 Å². The lowest BCUT2D eigenvalue weighted by atomic mass is 9.90. The molecule has 1 aliphatic carbocycles. The summed E-state index contributed by atoms with van der Waals surface area (Å²) < 4.78 is 9.30. The van der Waals surface area contributed by atoms with Crippen LogP contribution in [-0.4, -0.2) is 43.6 Å². The van der Waals surface area contributed by atoms with E-state index in [1.54, 1.807) is 37.5 Å². The Morgan fingerprint density at radius 2 is 1.95 bits per heavy atom. The first-order chi connectivity index (χ1) is 20.2. The third kappa shape index (κ3) is 4.84. The molecular formula is C31H32N8O3. The van der Waals surface area contributed by atoms with Crippen molar-refractivity contribution >= 4 is 17.4 Å². The average molecular weight is 565 g/mol. The standard InChI is InChI=1S/C31H32N8O3/c1-31(2)11-19-10-26-30(41)39(8-7-38(26)27(19)12-31)28-24(18-42-4)23(5-6-33-28)20-9-25(29(40)37(3)17-20)36-16-22-15-34-21(13-32)14-35-22/h5-6,9-10,14-15,17,36H,7-8,11-12,16,18H2,1-4H3. The molecule has 0 spiro atoms. The number of aryl methyl sites for hydroxylation is 1. The lowest BCUT2D eigenvalue weighted by molar-refractivity contribution is 0.0962. The average Bonchev–Trinajstić information content (AvgIpc) is 3.47. The van der Waals surface area contributed by atoms with Gasteiger partial charge in [-0.3, -0.25) is 19.5 Å². The molecule has 1 aliphatic heterocycles. The zero-order valence-electron chi connectivity index (χ0n) is 24.1. The van der Waals surface area contributed by atoms with Crippen LogP contribution in [0.4, 0.5) is 11.5 Å². The van der Waals surface area contributed by atoms with Crippen molar-refractivity contribution in [2.45, 2.75) is 46.4 Å². The van der Waals surface area contributed by atoms with E-state index in [4.69, 9.17) is 10.00 Å². The fraction of sp³-hybridized carbons (Fsp3) is 0.355. The second kappa shape index (κ2) is 10.5. The number of hydrogen-bond acceptors (Lipinski definition) is 8. The van der Waals surface area contributed by atoms with E-state index in [1.807, 2.05) is 12.1 Å². The summed E-state index contributed by atoms with van der Waals surface area (Å²) in [6, 6.07) is 7.66. The molecule has 0 aromatic carbocycles. The van der Waals surface area contributed by atoms with Crippen LogP contribution in [0.3, 0.4) is 0 Å². The van der Waals surface area contributed by atoms with Crippen molar-refractivity contribution in [1.82, 2.24) is 24.1 Å². The van der Waals surface area contributed by atoms with Crippen LogP contribution >= 0.6 is 0 Å². The van der Waals surface area contributed by atoms with Gasteiger partial charge in [-0.1, -0.05) is 13.8 Å². The number of rotatable bonds is 7. The number of fused-ring (bicyclic) bond motifs is 3. The Kier molecular flexibility index (Phi) is 6.86. The van der Waals surface area contributed by atoms with E-state index in [2.05, 4.69) is 44.7 Å². The summed E-state index contributed by atoms with van der Waals surface area (Å²) in [5, 5.41) is 12.1. The molecule has 0 fully saturated rings. The highest BCUT2D eigenvalue weighted by Crippen LogP contribution is 2.40. The fourth-order valence-corrected chi connectivity index (χ4v) is 6.06. The van der Waals surface area contributed by atoms with Gasteiger partial charge in [-0.2, -0.15) is 5.26 Å². The van der Waals surface area contributed by atoms with Gasteiger partial charge >= 0.3 is 0 Å². The first kappa shape index (κ1) is 27.4. The van der Waals surface area contributed by atoms with Crippen molar-refractivity contribution in [3.63, 3.8) is 0 Å². The molecule has 4 aromatic heterocycles. The minimum absolute atomic E-state index is 0.0678. The van der Waals surface area contributed by atoms with Gasteiger partial charge < -0.3 is 19.2 Å². The van der Waals surface area contributed by atoms with Crippen molar-refractivity contribution in [2.75, 3.05) is 23.9 Å². The van der Waals surface area contributed by atoms with E-state index in [9.17, 15) is 9.59 Å². The summed E-state index contributed by atoms with van der Waals surface area (Å²) in [5.41, 5.74) is 6.82. The highest BCUT2D eigenvalue weighted by Gasteiger charge is 2.37. The van der Waals surface area contributed by atoms with Crippen molar-refractivity contribution in [2.24, 2.45) is 12.5 Å². The maximum absolute atomic E-state index is 13.8. The number of carbonyl (C=O) groups is 1. The van der Waals surface area contributed by atoms with E-state index >= 15 is 0 Å². The quantitative estimate of drug-likeness (QED) is 0.361. The normalized spacial score (nSPS) is 15.3. The van der Waals surface area contributed by atoms with E-state index in [0.29, 0.717) is 36.0 Å². The largest absolute Gasteiger partial charge is 0.380 e. The number of pyridine rings is 2. The minimum atomic E-state index is -0.203. The summed E-state index contributed by atoms with van der Waals surface area (Å²) in [7, 11) is 3.31. The number of hydrogen-bond donors (Lipinski definition) is 1. The third-order valence-corrected chi connectivity index (χ3v) is 7.98. The van der Waals surface area contributed by atoms with Crippen molar-refractivity contribution in [3.8, 4) is 17.2 Å². The lowest BCUT2D eigenvalue weighted by Crippen LogP contribution is -2.41.